The van der Waals surface area contributed by atoms with Gasteiger partial charge in [-0.1, -0.05) is 6.92 Å². The second-order valence-corrected chi connectivity index (χ2v) is 5.01. The number of aliphatic carboxylic acids is 1. The highest BCUT2D eigenvalue weighted by molar-refractivity contribution is 5.74. The topological polar surface area (TPSA) is 89.9 Å². The molecule has 0 rings (SSSR count). The Kier molecular flexibility index (Phi) is 6.68. The van der Waals surface area contributed by atoms with Crippen molar-refractivity contribution in [2.75, 3.05) is 13.1 Å². The number of rotatable bonds is 7. The molecule has 0 radical (unpaired) electrons. The molecule has 0 fully saturated rings. The smallest absolute Gasteiger partial charge is 0.317 e. The van der Waals surface area contributed by atoms with E-state index in [2.05, 4.69) is 5.32 Å². The Morgan fingerprint density at radius 1 is 1.39 bits per heavy atom. The van der Waals surface area contributed by atoms with Crippen molar-refractivity contribution in [3.05, 3.63) is 0 Å². The molecule has 0 spiro atoms. The van der Waals surface area contributed by atoms with E-state index in [1.165, 1.54) is 6.92 Å². The second kappa shape index (κ2) is 7.20. The van der Waals surface area contributed by atoms with Crippen LogP contribution in [0.15, 0.2) is 0 Å². The van der Waals surface area contributed by atoms with Crippen LogP contribution in [0.3, 0.4) is 0 Å². The van der Waals surface area contributed by atoms with Crippen LogP contribution >= 0.6 is 0 Å². The van der Waals surface area contributed by atoms with E-state index >= 15 is 0 Å². The highest BCUT2D eigenvalue weighted by atomic mass is 16.4. The maximum Gasteiger partial charge on any atom is 0.317 e. The Bertz CT molecular complexity index is 290. The molecule has 18 heavy (non-hydrogen) atoms. The lowest BCUT2D eigenvalue weighted by atomic mass is 10.0. The molecule has 2 amide bonds. The lowest BCUT2D eigenvalue weighted by molar-refractivity contribution is -0.141. The van der Waals surface area contributed by atoms with Gasteiger partial charge in [-0.05, 0) is 27.2 Å². The molecule has 0 saturated heterocycles. The van der Waals surface area contributed by atoms with Gasteiger partial charge in [-0.2, -0.15) is 0 Å². The number of hydrogen-bond acceptors (Lipinski definition) is 3. The van der Waals surface area contributed by atoms with E-state index in [0.717, 1.165) is 6.42 Å². The number of urea groups is 1. The normalized spacial score (nSPS) is 14.1. The Hall–Kier alpha value is -1.30. The van der Waals surface area contributed by atoms with E-state index in [4.69, 9.17) is 5.11 Å². The maximum absolute atomic E-state index is 11.9. The minimum Gasteiger partial charge on any atom is -0.481 e. The van der Waals surface area contributed by atoms with E-state index in [0.29, 0.717) is 6.54 Å². The van der Waals surface area contributed by atoms with Gasteiger partial charge in [0.2, 0.25) is 0 Å². The number of amides is 2. The van der Waals surface area contributed by atoms with Crippen LogP contribution < -0.4 is 5.32 Å². The molecule has 0 aliphatic heterocycles. The predicted octanol–water partition coefficient (Wildman–Crippen LogP) is 1.04. The standard InChI is InChI=1S/C12H24N2O4/c1-5-6-14(9(2)3)11(17)13-8-12(4,18)7-10(15)16/h9,18H,5-8H2,1-4H3,(H,13,17)(H,15,16). The number of carbonyl (C=O) groups excluding carboxylic acids is 1. The molecule has 1 atom stereocenters. The summed E-state index contributed by atoms with van der Waals surface area (Å²) in [6, 6.07) is -0.216. The van der Waals surface area contributed by atoms with E-state index in [1.54, 1.807) is 4.90 Å². The van der Waals surface area contributed by atoms with Gasteiger partial charge in [-0.15, -0.1) is 0 Å². The third-order valence-electron chi connectivity index (χ3n) is 2.50. The van der Waals surface area contributed by atoms with Crippen molar-refractivity contribution >= 4 is 12.0 Å². The minimum absolute atomic E-state index is 0.0642. The van der Waals surface area contributed by atoms with Crippen molar-refractivity contribution in [2.24, 2.45) is 0 Å². The molecule has 6 heteroatoms. The molecule has 0 aromatic rings. The van der Waals surface area contributed by atoms with E-state index < -0.39 is 18.0 Å². The van der Waals surface area contributed by atoms with E-state index in [-0.39, 0.29) is 18.6 Å². The summed E-state index contributed by atoms with van der Waals surface area (Å²) in [6.07, 6.45) is 0.444. The molecule has 0 aromatic carbocycles. The average molecular weight is 260 g/mol. The first-order valence-electron chi connectivity index (χ1n) is 6.18. The minimum atomic E-state index is -1.43. The third kappa shape index (κ3) is 6.44. The molecule has 106 valence electrons. The zero-order chi connectivity index (χ0) is 14.3. The van der Waals surface area contributed by atoms with Crippen LogP contribution in [0, 0.1) is 0 Å². The van der Waals surface area contributed by atoms with Crippen LogP contribution in [0.2, 0.25) is 0 Å². The fourth-order valence-electron chi connectivity index (χ4n) is 1.59. The molecular weight excluding hydrogens is 236 g/mol. The summed E-state index contributed by atoms with van der Waals surface area (Å²) in [5.74, 6) is -1.09. The Morgan fingerprint density at radius 3 is 2.33 bits per heavy atom. The predicted molar refractivity (Wildman–Crippen MR) is 68.4 cm³/mol. The zero-order valence-electron chi connectivity index (χ0n) is 11.6. The third-order valence-corrected chi connectivity index (χ3v) is 2.50. The Morgan fingerprint density at radius 2 is 1.94 bits per heavy atom. The quantitative estimate of drug-likeness (QED) is 0.638. The van der Waals surface area contributed by atoms with Gasteiger partial charge in [0.1, 0.15) is 0 Å². The van der Waals surface area contributed by atoms with Gasteiger partial charge >= 0.3 is 12.0 Å². The van der Waals surface area contributed by atoms with Crippen LogP contribution in [0.4, 0.5) is 4.79 Å². The Labute approximate surface area is 108 Å². The molecule has 0 aliphatic rings. The summed E-state index contributed by atoms with van der Waals surface area (Å²) >= 11 is 0. The fourth-order valence-corrected chi connectivity index (χ4v) is 1.59. The van der Waals surface area contributed by atoms with Crippen LogP contribution in [0.5, 0.6) is 0 Å². The van der Waals surface area contributed by atoms with Gasteiger partial charge in [0.05, 0.1) is 12.0 Å². The lowest BCUT2D eigenvalue weighted by Crippen LogP contribution is -2.49. The summed E-state index contributed by atoms with van der Waals surface area (Å²) < 4.78 is 0. The van der Waals surface area contributed by atoms with Gasteiger partial charge < -0.3 is 20.4 Å². The van der Waals surface area contributed by atoms with Gasteiger partial charge in [0.15, 0.2) is 0 Å². The summed E-state index contributed by atoms with van der Waals surface area (Å²) in [4.78, 5) is 24.0. The monoisotopic (exact) mass is 260 g/mol. The van der Waals surface area contributed by atoms with Crippen LogP contribution in [-0.4, -0.2) is 51.8 Å². The summed E-state index contributed by atoms with van der Waals surface area (Å²) in [7, 11) is 0. The molecule has 0 aliphatic carbocycles. The molecule has 3 N–H and O–H groups in total. The zero-order valence-corrected chi connectivity index (χ0v) is 11.6. The van der Waals surface area contributed by atoms with Crippen molar-refractivity contribution < 1.29 is 19.8 Å². The van der Waals surface area contributed by atoms with E-state index in [1.807, 2.05) is 20.8 Å². The van der Waals surface area contributed by atoms with Crippen LogP contribution in [0.25, 0.3) is 0 Å². The average Bonchev–Trinajstić information content (AvgIpc) is 2.20. The number of nitrogens with zero attached hydrogens (tertiary/aromatic N) is 1. The van der Waals surface area contributed by atoms with Crippen molar-refractivity contribution in [1.82, 2.24) is 10.2 Å². The second-order valence-electron chi connectivity index (χ2n) is 5.01. The van der Waals surface area contributed by atoms with Crippen molar-refractivity contribution in [2.45, 2.75) is 52.2 Å². The highest BCUT2D eigenvalue weighted by Crippen LogP contribution is 2.08. The first kappa shape index (κ1) is 16.7. The van der Waals surface area contributed by atoms with Gasteiger partial charge in [0.25, 0.3) is 0 Å². The number of carboxylic acids is 1. The molecule has 0 bridgehead atoms. The van der Waals surface area contributed by atoms with Gasteiger partial charge in [-0.25, -0.2) is 4.79 Å². The van der Waals surface area contributed by atoms with Crippen LogP contribution in [-0.2, 0) is 4.79 Å². The Balaban J connectivity index is 4.34. The first-order valence-corrected chi connectivity index (χ1v) is 6.18. The number of aliphatic hydroxyl groups is 1. The van der Waals surface area contributed by atoms with Gasteiger partial charge in [-0.3, -0.25) is 4.79 Å². The van der Waals surface area contributed by atoms with Crippen molar-refractivity contribution in [3.63, 3.8) is 0 Å². The molecule has 0 aromatic heterocycles. The lowest BCUT2D eigenvalue weighted by Gasteiger charge is -2.29. The first-order chi connectivity index (χ1) is 8.19. The maximum atomic E-state index is 11.9. The summed E-state index contributed by atoms with van der Waals surface area (Å²) in [5.41, 5.74) is -1.43. The molecule has 0 saturated carbocycles. The largest absolute Gasteiger partial charge is 0.481 e. The molecular formula is C12H24N2O4. The molecule has 1 unspecified atom stereocenters. The number of carbonyl (C=O) groups is 2. The van der Waals surface area contributed by atoms with Crippen molar-refractivity contribution in [1.29, 1.82) is 0 Å². The number of hydrogen-bond donors (Lipinski definition) is 3. The highest BCUT2D eigenvalue weighted by Gasteiger charge is 2.26. The number of nitrogens with one attached hydrogen (secondary N) is 1. The van der Waals surface area contributed by atoms with E-state index in [9.17, 15) is 14.7 Å². The molecule has 6 nitrogen and oxygen atoms in total. The van der Waals surface area contributed by atoms with Gasteiger partial charge in [0, 0.05) is 19.1 Å². The van der Waals surface area contributed by atoms with Crippen LogP contribution in [0.1, 0.15) is 40.5 Å². The summed E-state index contributed by atoms with van der Waals surface area (Å²) in [6.45, 7) is 7.73. The fraction of sp³-hybridized carbons (Fsp3) is 0.833. The molecule has 0 heterocycles. The SMILES string of the molecule is CCCN(C(=O)NCC(C)(O)CC(=O)O)C(C)C. The number of carboxylic acid groups (broad SMARTS) is 1. The van der Waals surface area contributed by atoms with Crippen molar-refractivity contribution in [3.8, 4) is 0 Å². The summed E-state index contributed by atoms with van der Waals surface area (Å²) in [5, 5.41) is 21.0.